The van der Waals surface area contributed by atoms with E-state index >= 15 is 0 Å². The summed E-state index contributed by atoms with van der Waals surface area (Å²) in [6.45, 7) is 2.38. The van der Waals surface area contributed by atoms with E-state index in [1.165, 1.54) is 12.1 Å². The largest absolute Gasteiger partial charge is 0.350 e. The van der Waals surface area contributed by atoms with E-state index in [9.17, 15) is 18.0 Å². The van der Waals surface area contributed by atoms with Gasteiger partial charge < -0.3 is 10.2 Å². The summed E-state index contributed by atoms with van der Waals surface area (Å²) in [7, 11) is -3.57. The second-order valence-corrected chi connectivity index (χ2v) is 12.5. The molecule has 4 aromatic rings. The lowest BCUT2D eigenvalue weighted by Crippen LogP contribution is -2.43. The number of benzene rings is 4. The number of aryl methyl sites for hydroxylation is 1. The van der Waals surface area contributed by atoms with Crippen molar-refractivity contribution in [2.45, 2.75) is 43.8 Å². The van der Waals surface area contributed by atoms with E-state index in [4.69, 9.17) is 23.2 Å². The van der Waals surface area contributed by atoms with Crippen LogP contribution in [0.5, 0.6) is 0 Å². The molecule has 0 bridgehead atoms. The summed E-state index contributed by atoms with van der Waals surface area (Å²) in [6.07, 6.45) is 0.487. The first kappa shape index (κ1) is 32.2. The van der Waals surface area contributed by atoms with Crippen LogP contribution in [0.3, 0.4) is 0 Å². The fourth-order valence-corrected chi connectivity index (χ4v) is 6.18. The van der Waals surface area contributed by atoms with Gasteiger partial charge in [-0.1, -0.05) is 109 Å². The molecular formula is C33H33Cl2N3O4S. The van der Waals surface area contributed by atoms with Crippen LogP contribution in [0.4, 0.5) is 0 Å². The molecule has 0 fully saturated rings. The molecule has 224 valence electrons. The van der Waals surface area contributed by atoms with Crippen LogP contribution in [-0.4, -0.2) is 31.7 Å². The van der Waals surface area contributed by atoms with Gasteiger partial charge in [0.2, 0.25) is 21.8 Å². The van der Waals surface area contributed by atoms with Gasteiger partial charge in [0.25, 0.3) is 0 Å². The topological polar surface area (TPSA) is 95.6 Å². The SMILES string of the molecule is CCNS(=O)(=O)c1ccc(CCC(=O)N(Cc2ccccc2)C(C(=O)NCc2ccc(Cl)cc2Cl)c2ccccc2)cc1. The summed E-state index contributed by atoms with van der Waals surface area (Å²) in [4.78, 5) is 29.5. The maximum Gasteiger partial charge on any atom is 0.247 e. The fourth-order valence-electron chi connectivity index (χ4n) is 4.66. The molecule has 0 saturated heterocycles. The van der Waals surface area contributed by atoms with Gasteiger partial charge in [0.15, 0.2) is 0 Å². The molecule has 1 unspecified atom stereocenters. The lowest BCUT2D eigenvalue weighted by Gasteiger charge is -2.32. The Hall–Kier alpha value is -3.69. The normalized spacial score (nSPS) is 12.0. The monoisotopic (exact) mass is 637 g/mol. The zero-order chi connectivity index (χ0) is 30.8. The van der Waals surface area contributed by atoms with Crippen LogP contribution in [0.1, 0.15) is 41.6 Å². The molecule has 0 aliphatic carbocycles. The first-order valence-corrected chi connectivity index (χ1v) is 16.1. The molecule has 0 aliphatic rings. The molecule has 0 aromatic heterocycles. The Morgan fingerprint density at radius 3 is 2.12 bits per heavy atom. The van der Waals surface area contributed by atoms with Crippen molar-refractivity contribution in [1.82, 2.24) is 14.9 Å². The van der Waals surface area contributed by atoms with E-state index < -0.39 is 16.1 Å². The quantitative estimate of drug-likeness (QED) is 0.180. The number of hydrogen-bond acceptors (Lipinski definition) is 4. The first-order chi connectivity index (χ1) is 20.7. The van der Waals surface area contributed by atoms with Crippen LogP contribution in [0, 0.1) is 0 Å². The van der Waals surface area contributed by atoms with Crippen molar-refractivity contribution < 1.29 is 18.0 Å². The number of carbonyl (C=O) groups is 2. The summed E-state index contributed by atoms with van der Waals surface area (Å²) in [5, 5.41) is 3.89. The van der Waals surface area contributed by atoms with Crippen molar-refractivity contribution in [2.75, 3.05) is 6.54 Å². The summed E-state index contributed by atoms with van der Waals surface area (Å²) in [5.41, 5.74) is 3.06. The van der Waals surface area contributed by atoms with Crippen LogP contribution in [0.25, 0.3) is 0 Å². The molecule has 2 N–H and O–H groups in total. The van der Waals surface area contributed by atoms with Crippen molar-refractivity contribution in [3.8, 4) is 0 Å². The highest BCUT2D eigenvalue weighted by Gasteiger charge is 2.31. The molecule has 0 saturated carbocycles. The van der Waals surface area contributed by atoms with Crippen molar-refractivity contribution in [3.05, 3.63) is 135 Å². The van der Waals surface area contributed by atoms with Gasteiger partial charge in [-0.15, -0.1) is 0 Å². The van der Waals surface area contributed by atoms with Crippen LogP contribution in [0.2, 0.25) is 10.0 Å². The molecule has 43 heavy (non-hydrogen) atoms. The Morgan fingerprint density at radius 2 is 1.49 bits per heavy atom. The number of hydrogen-bond donors (Lipinski definition) is 2. The number of nitrogens with one attached hydrogen (secondary N) is 2. The van der Waals surface area contributed by atoms with Gasteiger partial charge in [-0.05, 0) is 52.9 Å². The van der Waals surface area contributed by atoms with E-state index in [1.807, 2.05) is 60.7 Å². The summed E-state index contributed by atoms with van der Waals surface area (Å²) >= 11 is 12.4. The van der Waals surface area contributed by atoms with Crippen LogP contribution in [-0.2, 0) is 39.1 Å². The van der Waals surface area contributed by atoms with E-state index in [-0.39, 0.29) is 36.2 Å². The molecular weight excluding hydrogens is 605 g/mol. The van der Waals surface area contributed by atoms with Gasteiger partial charge in [0.05, 0.1) is 4.90 Å². The Balaban J connectivity index is 1.59. The smallest absolute Gasteiger partial charge is 0.247 e. The molecule has 0 radical (unpaired) electrons. The number of rotatable bonds is 13. The second kappa shape index (κ2) is 15.2. The zero-order valence-corrected chi connectivity index (χ0v) is 26.0. The van der Waals surface area contributed by atoms with E-state index in [0.29, 0.717) is 34.1 Å². The van der Waals surface area contributed by atoms with Crippen molar-refractivity contribution in [3.63, 3.8) is 0 Å². The average Bonchev–Trinajstić information content (AvgIpc) is 3.00. The minimum Gasteiger partial charge on any atom is -0.350 e. The van der Waals surface area contributed by atoms with Gasteiger partial charge in [-0.3, -0.25) is 9.59 Å². The van der Waals surface area contributed by atoms with Crippen molar-refractivity contribution in [2.24, 2.45) is 0 Å². The minimum atomic E-state index is -3.57. The lowest BCUT2D eigenvalue weighted by atomic mass is 10.0. The number of sulfonamides is 1. The Kier molecular flexibility index (Phi) is 11.4. The molecule has 2 amide bonds. The Morgan fingerprint density at radius 1 is 0.837 bits per heavy atom. The molecule has 4 aromatic carbocycles. The van der Waals surface area contributed by atoms with E-state index in [1.54, 1.807) is 42.2 Å². The molecule has 1 atom stereocenters. The summed E-state index contributed by atoms with van der Waals surface area (Å²) in [6, 6.07) is 29.3. The molecule has 0 spiro atoms. The van der Waals surface area contributed by atoms with Crippen molar-refractivity contribution >= 4 is 45.0 Å². The zero-order valence-electron chi connectivity index (χ0n) is 23.7. The number of carbonyl (C=O) groups excluding carboxylic acids is 2. The fraction of sp³-hybridized carbons (Fsp3) is 0.212. The second-order valence-electron chi connectivity index (χ2n) is 9.92. The number of amides is 2. The number of halogens is 2. The third-order valence-electron chi connectivity index (χ3n) is 6.86. The molecule has 7 nitrogen and oxygen atoms in total. The van der Waals surface area contributed by atoms with Crippen LogP contribution in [0.15, 0.2) is 108 Å². The van der Waals surface area contributed by atoms with E-state index in [0.717, 1.165) is 11.1 Å². The molecule has 0 heterocycles. The maximum atomic E-state index is 13.9. The third kappa shape index (κ3) is 8.91. The summed E-state index contributed by atoms with van der Waals surface area (Å²) < 4.78 is 27.1. The predicted octanol–water partition coefficient (Wildman–Crippen LogP) is 6.31. The lowest BCUT2D eigenvalue weighted by molar-refractivity contribution is -0.141. The minimum absolute atomic E-state index is 0.117. The Labute approximate surface area is 262 Å². The molecule has 10 heteroatoms. The van der Waals surface area contributed by atoms with Gasteiger partial charge >= 0.3 is 0 Å². The average molecular weight is 639 g/mol. The Bertz CT molecular complexity index is 1630. The van der Waals surface area contributed by atoms with Gasteiger partial charge in [-0.2, -0.15) is 0 Å². The van der Waals surface area contributed by atoms with Gasteiger partial charge in [0, 0.05) is 36.1 Å². The van der Waals surface area contributed by atoms with Crippen LogP contribution < -0.4 is 10.0 Å². The van der Waals surface area contributed by atoms with Crippen LogP contribution >= 0.6 is 23.2 Å². The van der Waals surface area contributed by atoms with Crippen molar-refractivity contribution in [1.29, 1.82) is 0 Å². The third-order valence-corrected chi connectivity index (χ3v) is 9.00. The van der Waals surface area contributed by atoms with Gasteiger partial charge in [0.1, 0.15) is 6.04 Å². The standard InChI is InChI=1S/C33H33Cl2N3O4S/c1-2-37-43(41,42)29-18-13-24(14-19-29)15-20-31(39)38(23-25-9-5-3-6-10-25)32(26-11-7-4-8-12-26)33(40)36-22-27-16-17-28(34)21-30(27)35/h3-14,16-19,21,32,37H,2,15,20,22-23H2,1H3,(H,36,40). The van der Waals surface area contributed by atoms with E-state index in [2.05, 4.69) is 10.0 Å². The number of nitrogens with zero attached hydrogens (tertiary/aromatic N) is 1. The highest BCUT2D eigenvalue weighted by Crippen LogP contribution is 2.26. The highest BCUT2D eigenvalue weighted by atomic mass is 35.5. The summed E-state index contributed by atoms with van der Waals surface area (Å²) in [5.74, 6) is -0.568. The maximum absolute atomic E-state index is 13.9. The van der Waals surface area contributed by atoms with Gasteiger partial charge in [-0.25, -0.2) is 13.1 Å². The molecule has 0 aliphatic heterocycles. The first-order valence-electron chi connectivity index (χ1n) is 13.9. The highest BCUT2D eigenvalue weighted by molar-refractivity contribution is 7.89. The predicted molar refractivity (Wildman–Crippen MR) is 170 cm³/mol. The molecule has 4 rings (SSSR count).